The highest BCUT2D eigenvalue weighted by molar-refractivity contribution is 6.31. The molecule has 3 aromatic rings. The number of rotatable bonds is 7. The molecule has 0 aliphatic rings. The van der Waals surface area contributed by atoms with Gasteiger partial charge in [0, 0.05) is 18.0 Å². The van der Waals surface area contributed by atoms with Crippen LogP contribution >= 0.6 is 11.6 Å². The topological polar surface area (TPSA) is 46.9 Å². The van der Waals surface area contributed by atoms with Crippen molar-refractivity contribution in [2.45, 2.75) is 39.7 Å². The second kappa shape index (κ2) is 8.57. The first-order valence-corrected chi connectivity index (χ1v) is 9.86. The second-order valence-corrected chi connectivity index (χ2v) is 7.63. The van der Waals surface area contributed by atoms with Crippen LogP contribution in [0.5, 0.6) is 0 Å². The van der Waals surface area contributed by atoms with E-state index in [-0.39, 0.29) is 11.9 Å². The fraction of sp³-hybridized carbons (Fsp3) is 0.364. The van der Waals surface area contributed by atoms with Crippen LogP contribution in [0.2, 0.25) is 5.02 Å². The fourth-order valence-electron chi connectivity index (χ4n) is 3.29. The summed E-state index contributed by atoms with van der Waals surface area (Å²) in [6.07, 6.45) is 1.28. The Morgan fingerprint density at radius 1 is 1.15 bits per heavy atom. The third kappa shape index (κ3) is 4.33. The first kappa shape index (κ1) is 19.4. The quantitative estimate of drug-likeness (QED) is 0.623. The number of hydrogen-bond donors (Lipinski definition) is 1. The van der Waals surface area contributed by atoms with Gasteiger partial charge in [0.15, 0.2) is 0 Å². The van der Waals surface area contributed by atoms with E-state index >= 15 is 0 Å². The van der Waals surface area contributed by atoms with Crippen molar-refractivity contribution < 1.29 is 4.79 Å². The predicted molar refractivity (Wildman–Crippen MR) is 111 cm³/mol. The van der Waals surface area contributed by atoms with Crippen LogP contribution in [0.4, 0.5) is 0 Å². The number of amides is 1. The number of halogens is 1. The minimum Gasteiger partial charge on any atom is -0.354 e. The van der Waals surface area contributed by atoms with Crippen molar-refractivity contribution in [2.75, 3.05) is 6.54 Å². The van der Waals surface area contributed by atoms with Gasteiger partial charge in [0.05, 0.1) is 11.0 Å². The number of aromatic nitrogens is 2. The third-order valence-corrected chi connectivity index (χ3v) is 5.03. The summed E-state index contributed by atoms with van der Waals surface area (Å²) >= 11 is 6.37. The Morgan fingerprint density at radius 3 is 2.56 bits per heavy atom. The normalized spacial score (nSPS) is 12.5. The lowest BCUT2D eigenvalue weighted by atomic mass is 10.1. The van der Waals surface area contributed by atoms with Gasteiger partial charge in [-0.3, -0.25) is 4.79 Å². The van der Waals surface area contributed by atoms with E-state index in [0.29, 0.717) is 30.3 Å². The predicted octanol–water partition coefficient (Wildman–Crippen LogP) is 5.00. The maximum atomic E-state index is 12.9. The fourth-order valence-corrected chi connectivity index (χ4v) is 3.49. The van der Waals surface area contributed by atoms with Crippen LogP contribution in [-0.2, 0) is 11.2 Å². The van der Waals surface area contributed by atoms with Gasteiger partial charge < -0.3 is 9.88 Å². The lowest BCUT2D eigenvalue weighted by Crippen LogP contribution is -2.35. The summed E-state index contributed by atoms with van der Waals surface area (Å²) in [5.74, 6) is 1.30. The van der Waals surface area contributed by atoms with Gasteiger partial charge in [-0.25, -0.2) is 4.98 Å². The van der Waals surface area contributed by atoms with E-state index in [1.807, 2.05) is 55.5 Å². The SMILES string of the molecule is CCC(C(=O)NCC(C)C)n1c(Cc2ccccc2Cl)nc2ccccc21. The molecule has 0 radical (unpaired) electrons. The van der Waals surface area contributed by atoms with Crippen LogP contribution < -0.4 is 5.32 Å². The number of para-hydroxylation sites is 2. The summed E-state index contributed by atoms with van der Waals surface area (Å²) < 4.78 is 2.08. The standard InChI is InChI=1S/C22H26ClN3O/c1-4-19(22(27)24-14-15(2)3)26-20-12-8-7-11-18(20)25-21(26)13-16-9-5-6-10-17(16)23/h5-12,15,19H,4,13-14H2,1-3H3,(H,24,27). The van der Waals surface area contributed by atoms with Crippen molar-refractivity contribution in [2.24, 2.45) is 5.92 Å². The minimum atomic E-state index is -0.298. The number of nitrogens with zero attached hydrogens (tertiary/aromatic N) is 2. The molecule has 1 N–H and O–H groups in total. The molecule has 1 aromatic heterocycles. The second-order valence-electron chi connectivity index (χ2n) is 7.22. The molecular weight excluding hydrogens is 358 g/mol. The molecule has 0 aliphatic carbocycles. The van der Waals surface area contributed by atoms with Crippen LogP contribution in [0.15, 0.2) is 48.5 Å². The van der Waals surface area contributed by atoms with Gasteiger partial charge in [0.1, 0.15) is 11.9 Å². The Balaban J connectivity index is 2.04. The summed E-state index contributed by atoms with van der Waals surface area (Å²) in [5.41, 5.74) is 2.88. The molecule has 1 heterocycles. The zero-order valence-electron chi connectivity index (χ0n) is 16.1. The van der Waals surface area contributed by atoms with Crippen LogP contribution in [-0.4, -0.2) is 22.0 Å². The summed E-state index contributed by atoms with van der Waals surface area (Å²) in [7, 11) is 0. The molecule has 0 bridgehead atoms. The van der Waals surface area contributed by atoms with E-state index in [9.17, 15) is 4.79 Å². The molecule has 0 saturated carbocycles. The molecule has 142 valence electrons. The largest absolute Gasteiger partial charge is 0.354 e. The molecule has 0 fully saturated rings. The van der Waals surface area contributed by atoms with E-state index in [4.69, 9.17) is 16.6 Å². The highest BCUT2D eigenvalue weighted by atomic mass is 35.5. The Bertz CT molecular complexity index is 932. The Morgan fingerprint density at radius 2 is 1.85 bits per heavy atom. The molecule has 27 heavy (non-hydrogen) atoms. The van der Waals surface area contributed by atoms with Gasteiger partial charge >= 0.3 is 0 Å². The van der Waals surface area contributed by atoms with E-state index in [1.54, 1.807) is 0 Å². The number of benzene rings is 2. The van der Waals surface area contributed by atoms with Crippen LogP contribution in [0.1, 0.15) is 44.6 Å². The molecular formula is C22H26ClN3O. The molecule has 4 nitrogen and oxygen atoms in total. The average molecular weight is 384 g/mol. The Labute approximate surface area is 165 Å². The highest BCUT2D eigenvalue weighted by Gasteiger charge is 2.24. The van der Waals surface area contributed by atoms with Gasteiger partial charge in [0.2, 0.25) is 5.91 Å². The first-order valence-electron chi connectivity index (χ1n) is 9.48. The van der Waals surface area contributed by atoms with Crippen LogP contribution in [0.25, 0.3) is 11.0 Å². The van der Waals surface area contributed by atoms with Crippen molar-refractivity contribution in [1.29, 1.82) is 0 Å². The van der Waals surface area contributed by atoms with Gasteiger partial charge in [-0.15, -0.1) is 0 Å². The van der Waals surface area contributed by atoms with Crippen molar-refractivity contribution in [3.63, 3.8) is 0 Å². The lowest BCUT2D eigenvalue weighted by Gasteiger charge is -2.21. The molecule has 1 amide bonds. The number of imidazole rings is 1. The summed E-state index contributed by atoms with van der Waals surface area (Å²) in [5, 5.41) is 3.79. The Kier molecular flexibility index (Phi) is 6.17. The number of carbonyl (C=O) groups is 1. The van der Waals surface area contributed by atoms with Crippen molar-refractivity contribution in [3.8, 4) is 0 Å². The van der Waals surface area contributed by atoms with Crippen molar-refractivity contribution in [3.05, 3.63) is 64.9 Å². The number of fused-ring (bicyclic) bond motifs is 1. The number of carbonyl (C=O) groups excluding carboxylic acids is 1. The Hall–Kier alpha value is -2.33. The molecule has 0 spiro atoms. The molecule has 1 atom stereocenters. The van der Waals surface area contributed by atoms with Gasteiger partial charge in [0.25, 0.3) is 0 Å². The van der Waals surface area contributed by atoms with Gasteiger partial charge in [-0.1, -0.05) is 62.7 Å². The van der Waals surface area contributed by atoms with E-state index in [1.165, 1.54) is 0 Å². The summed E-state index contributed by atoms with van der Waals surface area (Å²) in [6, 6.07) is 15.5. The molecule has 5 heteroatoms. The number of nitrogens with one attached hydrogen (secondary N) is 1. The van der Waals surface area contributed by atoms with Crippen LogP contribution in [0.3, 0.4) is 0 Å². The van der Waals surface area contributed by atoms with Gasteiger partial charge in [-0.05, 0) is 36.1 Å². The molecule has 0 aliphatic heterocycles. The maximum Gasteiger partial charge on any atom is 0.243 e. The van der Waals surface area contributed by atoms with E-state index in [0.717, 1.165) is 22.4 Å². The molecule has 1 unspecified atom stereocenters. The molecule has 0 saturated heterocycles. The van der Waals surface area contributed by atoms with Crippen LogP contribution in [0, 0.1) is 5.92 Å². The van der Waals surface area contributed by atoms with Crippen molar-refractivity contribution in [1.82, 2.24) is 14.9 Å². The summed E-state index contributed by atoms with van der Waals surface area (Å²) in [4.78, 5) is 17.7. The summed E-state index contributed by atoms with van der Waals surface area (Å²) in [6.45, 7) is 6.89. The van der Waals surface area contributed by atoms with E-state index in [2.05, 4.69) is 23.7 Å². The maximum absolute atomic E-state index is 12.9. The van der Waals surface area contributed by atoms with Crippen molar-refractivity contribution >= 4 is 28.5 Å². The zero-order chi connectivity index (χ0) is 19.4. The molecule has 2 aromatic carbocycles. The highest BCUT2D eigenvalue weighted by Crippen LogP contribution is 2.27. The first-order chi connectivity index (χ1) is 13.0. The molecule has 3 rings (SSSR count). The zero-order valence-corrected chi connectivity index (χ0v) is 16.8. The third-order valence-electron chi connectivity index (χ3n) is 4.66. The average Bonchev–Trinajstić information content (AvgIpc) is 3.01. The number of hydrogen-bond acceptors (Lipinski definition) is 2. The minimum absolute atomic E-state index is 0.0368. The lowest BCUT2D eigenvalue weighted by molar-refractivity contribution is -0.124. The monoisotopic (exact) mass is 383 g/mol. The van der Waals surface area contributed by atoms with Gasteiger partial charge in [-0.2, -0.15) is 0 Å². The van der Waals surface area contributed by atoms with E-state index < -0.39 is 0 Å². The smallest absolute Gasteiger partial charge is 0.243 e.